The quantitative estimate of drug-likeness (QED) is 0.283. The number of hydrogen-bond acceptors (Lipinski definition) is 0. The zero-order valence-electron chi connectivity index (χ0n) is 18.4. The Morgan fingerprint density at radius 3 is 1.40 bits per heavy atom. The number of halogens is 2. The molecule has 0 aliphatic carbocycles. The third-order valence-electron chi connectivity index (χ3n) is 5.41. The van der Waals surface area contributed by atoms with Gasteiger partial charge in [0.15, 0.2) is 0 Å². The number of rotatable bonds is 6. The molecule has 4 heteroatoms. The second-order valence-corrected chi connectivity index (χ2v) is 10.2. The van der Waals surface area contributed by atoms with E-state index in [2.05, 4.69) is 86.2 Å². The molecule has 0 saturated heterocycles. The second-order valence-electron chi connectivity index (χ2n) is 9.67. The normalized spacial score (nSPS) is 12.2. The molecule has 0 atom stereocenters. The van der Waals surface area contributed by atoms with Crippen LogP contribution in [0.1, 0.15) is 38.8 Å². The molecule has 160 valence electrons. The maximum Gasteiger partial charge on any atom is 0.0486 e. The highest BCUT2D eigenvalue weighted by molar-refractivity contribution is 6.18. The molecular weight excluding hydrogens is 411 g/mol. The van der Waals surface area contributed by atoms with Crippen molar-refractivity contribution >= 4 is 45.0 Å². The fourth-order valence-corrected chi connectivity index (χ4v) is 3.91. The maximum atomic E-state index is 5.96. The van der Waals surface area contributed by atoms with Crippen molar-refractivity contribution in [1.82, 2.24) is 9.97 Å². The minimum atomic E-state index is 0.154. The minimum Gasteiger partial charge on any atom is -0.361 e. The average molecular weight is 443 g/mol. The van der Waals surface area contributed by atoms with E-state index in [-0.39, 0.29) is 10.8 Å². The number of fused-ring (bicyclic) bond motifs is 2. The highest BCUT2D eigenvalue weighted by atomic mass is 35.5. The number of aromatic nitrogens is 2. The van der Waals surface area contributed by atoms with Gasteiger partial charge in [0.1, 0.15) is 0 Å². The first-order chi connectivity index (χ1) is 14.2. The molecule has 2 N–H and O–H groups in total. The lowest BCUT2D eigenvalue weighted by Gasteiger charge is -2.21. The fraction of sp³-hybridized carbons (Fsp3) is 0.385. The van der Waals surface area contributed by atoms with Crippen LogP contribution in [0, 0.1) is 10.8 Å². The van der Waals surface area contributed by atoms with Crippen LogP contribution in [-0.2, 0) is 12.8 Å². The topological polar surface area (TPSA) is 31.6 Å². The molecule has 0 amide bonds. The van der Waals surface area contributed by atoms with E-state index in [4.69, 9.17) is 23.2 Å². The molecule has 30 heavy (non-hydrogen) atoms. The standard InChI is InChI=1S/2C13H16ClN/c2*1-13(2,9-14)8-11-5-3-4-10-6-7-15-12(10)11/h2*3-7,15H,8-9H2,1-2H3. The molecule has 0 radical (unpaired) electrons. The third kappa shape index (κ3) is 5.62. The molecule has 2 nitrogen and oxygen atoms in total. The van der Waals surface area contributed by atoms with Crippen molar-refractivity contribution in [3.63, 3.8) is 0 Å². The summed E-state index contributed by atoms with van der Waals surface area (Å²) in [6, 6.07) is 17.0. The van der Waals surface area contributed by atoms with Gasteiger partial charge in [0, 0.05) is 35.2 Å². The van der Waals surface area contributed by atoms with Crippen molar-refractivity contribution in [1.29, 1.82) is 0 Å². The van der Waals surface area contributed by atoms with E-state index in [0.29, 0.717) is 11.8 Å². The number of para-hydroxylation sites is 2. The van der Waals surface area contributed by atoms with E-state index in [1.54, 1.807) is 0 Å². The van der Waals surface area contributed by atoms with E-state index in [1.807, 2.05) is 12.4 Å². The number of alkyl halides is 2. The first kappa shape index (κ1) is 22.8. The lowest BCUT2D eigenvalue weighted by atomic mass is 9.87. The van der Waals surface area contributed by atoms with Crippen LogP contribution in [0.5, 0.6) is 0 Å². The minimum absolute atomic E-state index is 0.154. The first-order valence-corrected chi connectivity index (χ1v) is 11.5. The monoisotopic (exact) mass is 442 g/mol. The Morgan fingerprint density at radius 2 is 1.03 bits per heavy atom. The highest BCUT2D eigenvalue weighted by Gasteiger charge is 2.19. The molecule has 0 bridgehead atoms. The summed E-state index contributed by atoms with van der Waals surface area (Å²) in [5, 5.41) is 2.55. The van der Waals surface area contributed by atoms with Crippen molar-refractivity contribution in [3.05, 3.63) is 72.1 Å². The zero-order chi connectivity index (χ0) is 21.8. The first-order valence-electron chi connectivity index (χ1n) is 10.5. The molecule has 2 heterocycles. The van der Waals surface area contributed by atoms with E-state index >= 15 is 0 Å². The number of H-pyrrole nitrogens is 2. The molecule has 0 saturated carbocycles. The summed E-state index contributed by atoms with van der Waals surface area (Å²) >= 11 is 11.9. The summed E-state index contributed by atoms with van der Waals surface area (Å²) in [4.78, 5) is 6.58. The van der Waals surface area contributed by atoms with E-state index in [1.165, 1.54) is 32.9 Å². The zero-order valence-corrected chi connectivity index (χ0v) is 19.9. The summed E-state index contributed by atoms with van der Waals surface area (Å²) in [6.07, 6.45) is 5.99. The molecule has 0 aliphatic rings. The van der Waals surface area contributed by atoms with Gasteiger partial charge in [-0.1, -0.05) is 64.1 Å². The summed E-state index contributed by atoms with van der Waals surface area (Å²) < 4.78 is 0. The Labute approximate surface area is 190 Å². The molecule has 0 spiro atoms. The van der Waals surface area contributed by atoms with Gasteiger partial charge in [0.25, 0.3) is 0 Å². The van der Waals surface area contributed by atoms with Gasteiger partial charge in [-0.15, -0.1) is 23.2 Å². The van der Waals surface area contributed by atoms with E-state index in [9.17, 15) is 0 Å². The highest BCUT2D eigenvalue weighted by Crippen LogP contribution is 2.28. The van der Waals surface area contributed by atoms with Crippen LogP contribution in [0.15, 0.2) is 60.9 Å². The molecule has 0 fully saturated rings. The van der Waals surface area contributed by atoms with E-state index in [0.717, 1.165) is 12.8 Å². The lowest BCUT2D eigenvalue weighted by Crippen LogP contribution is -2.16. The molecule has 0 aliphatic heterocycles. The molecule has 0 unspecified atom stereocenters. The maximum absolute atomic E-state index is 5.96. The number of benzene rings is 2. The SMILES string of the molecule is CC(C)(CCl)Cc1cccc2cc[nH]c12.CC(C)(CCl)Cc1cccc2cc[nH]c12. The van der Waals surface area contributed by atoms with Crippen LogP contribution in [0.25, 0.3) is 21.8 Å². The molecular formula is C26H32Cl2N2. The Morgan fingerprint density at radius 1 is 0.633 bits per heavy atom. The third-order valence-corrected chi connectivity index (χ3v) is 6.86. The van der Waals surface area contributed by atoms with Crippen LogP contribution >= 0.6 is 23.2 Å². The van der Waals surface area contributed by atoms with Crippen molar-refractivity contribution in [2.45, 2.75) is 40.5 Å². The summed E-state index contributed by atoms with van der Waals surface area (Å²) in [7, 11) is 0. The van der Waals surface area contributed by atoms with Gasteiger partial charge in [-0.25, -0.2) is 0 Å². The van der Waals surface area contributed by atoms with Crippen LogP contribution < -0.4 is 0 Å². The van der Waals surface area contributed by atoms with Gasteiger partial charge < -0.3 is 9.97 Å². The predicted octanol–water partition coefficient (Wildman–Crippen LogP) is 7.95. The van der Waals surface area contributed by atoms with Gasteiger partial charge in [-0.05, 0) is 57.7 Å². The van der Waals surface area contributed by atoms with Gasteiger partial charge in [-0.3, -0.25) is 0 Å². The molecule has 4 rings (SSSR count). The Balaban J connectivity index is 0.000000171. The fourth-order valence-electron chi connectivity index (χ4n) is 3.72. The largest absolute Gasteiger partial charge is 0.361 e. The molecule has 4 aromatic rings. The van der Waals surface area contributed by atoms with Gasteiger partial charge >= 0.3 is 0 Å². The van der Waals surface area contributed by atoms with Crippen LogP contribution in [0.4, 0.5) is 0 Å². The summed E-state index contributed by atoms with van der Waals surface area (Å²) in [6.45, 7) is 8.78. The summed E-state index contributed by atoms with van der Waals surface area (Å²) in [5.74, 6) is 1.37. The van der Waals surface area contributed by atoms with Crippen LogP contribution in [0.3, 0.4) is 0 Å². The van der Waals surface area contributed by atoms with E-state index < -0.39 is 0 Å². The Bertz CT molecular complexity index is 1000. The lowest BCUT2D eigenvalue weighted by molar-refractivity contribution is 0.419. The number of aromatic amines is 2. The second kappa shape index (κ2) is 9.49. The van der Waals surface area contributed by atoms with Gasteiger partial charge in [0.2, 0.25) is 0 Å². The number of nitrogens with one attached hydrogen (secondary N) is 2. The average Bonchev–Trinajstić information content (AvgIpc) is 3.38. The van der Waals surface area contributed by atoms with Crippen molar-refractivity contribution in [3.8, 4) is 0 Å². The predicted molar refractivity (Wildman–Crippen MR) is 133 cm³/mol. The molecule has 2 aromatic heterocycles. The van der Waals surface area contributed by atoms with Gasteiger partial charge in [0.05, 0.1) is 0 Å². The van der Waals surface area contributed by atoms with Crippen molar-refractivity contribution < 1.29 is 0 Å². The van der Waals surface area contributed by atoms with Crippen LogP contribution in [0.2, 0.25) is 0 Å². The van der Waals surface area contributed by atoms with Crippen molar-refractivity contribution in [2.24, 2.45) is 10.8 Å². The van der Waals surface area contributed by atoms with Crippen LogP contribution in [-0.4, -0.2) is 21.7 Å². The summed E-state index contributed by atoms with van der Waals surface area (Å²) in [5.41, 5.74) is 5.50. The Hall–Kier alpha value is -1.90. The smallest absolute Gasteiger partial charge is 0.0486 e. The Kier molecular flexibility index (Phi) is 7.21. The van der Waals surface area contributed by atoms with Crippen molar-refractivity contribution in [2.75, 3.05) is 11.8 Å². The molecule has 2 aromatic carbocycles. The van der Waals surface area contributed by atoms with Gasteiger partial charge in [-0.2, -0.15) is 0 Å². The number of hydrogen-bond donors (Lipinski definition) is 2.